The Labute approximate surface area is 93.6 Å². The highest BCUT2D eigenvalue weighted by Crippen LogP contribution is 2.19. The van der Waals surface area contributed by atoms with Crippen molar-refractivity contribution in [3.05, 3.63) is 0 Å². The lowest BCUT2D eigenvalue weighted by molar-refractivity contribution is -0.157. The van der Waals surface area contributed by atoms with E-state index in [1.165, 1.54) is 12.0 Å². The minimum absolute atomic E-state index is 0.0455. The van der Waals surface area contributed by atoms with Gasteiger partial charge in [-0.3, -0.25) is 9.69 Å². The van der Waals surface area contributed by atoms with Gasteiger partial charge in [0.25, 0.3) is 0 Å². The molecule has 0 radical (unpaired) electrons. The number of alkyl halides is 3. The third-order valence-electron chi connectivity index (χ3n) is 2.22. The Balaban J connectivity index is 4.40. The number of rotatable bonds is 5. The number of nitrogens with zero attached hydrogens (tertiary/aromatic N) is 1. The van der Waals surface area contributed by atoms with Gasteiger partial charge >= 0.3 is 12.1 Å². The normalized spacial score (nSPS) is 14.3. The maximum Gasteiger partial charge on any atom is 0.401 e. The highest BCUT2D eigenvalue weighted by Gasteiger charge is 2.33. The molecule has 0 aromatic carbocycles. The van der Waals surface area contributed by atoms with Crippen molar-refractivity contribution in [2.24, 2.45) is 5.92 Å². The molecular formula is C10H18F3NO2. The molecule has 6 heteroatoms. The van der Waals surface area contributed by atoms with Crippen molar-refractivity contribution >= 4 is 5.97 Å². The van der Waals surface area contributed by atoms with E-state index in [0.717, 1.165) is 0 Å². The van der Waals surface area contributed by atoms with E-state index in [1.54, 1.807) is 20.8 Å². The highest BCUT2D eigenvalue weighted by atomic mass is 19.4. The van der Waals surface area contributed by atoms with Crippen LogP contribution in [0.25, 0.3) is 0 Å². The molecule has 0 aliphatic heterocycles. The maximum absolute atomic E-state index is 12.2. The number of esters is 1. The van der Waals surface area contributed by atoms with Crippen LogP contribution < -0.4 is 0 Å². The molecule has 0 spiro atoms. The van der Waals surface area contributed by atoms with Crippen LogP contribution >= 0.6 is 0 Å². The predicted octanol–water partition coefficient (Wildman–Crippen LogP) is 2.07. The highest BCUT2D eigenvalue weighted by molar-refractivity contribution is 5.72. The molecule has 0 fully saturated rings. The molecule has 0 saturated carbocycles. The zero-order chi connectivity index (χ0) is 12.9. The molecular weight excluding hydrogens is 223 g/mol. The number of halogens is 3. The largest absolute Gasteiger partial charge is 0.469 e. The Kier molecular flexibility index (Phi) is 5.78. The van der Waals surface area contributed by atoms with Crippen LogP contribution in [0.4, 0.5) is 13.2 Å². The van der Waals surface area contributed by atoms with Gasteiger partial charge in [-0.25, -0.2) is 0 Å². The van der Waals surface area contributed by atoms with Crippen LogP contribution in [0.3, 0.4) is 0 Å². The van der Waals surface area contributed by atoms with Gasteiger partial charge in [0.2, 0.25) is 0 Å². The summed E-state index contributed by atoms with van der Waals surface area (Å²) in [6, 6.07) is -0.270. The number of carbonyl (C=O) groups excluding carboxylic acids is 1. The molecule has 0 N–H and O–H groups in total. The van der Waals surface area contributed by atoms with Crippen molar-refractivity contribution in [2.45, 2.75) is 33.0 Å². The maximum atomic E-state index is 12.2. The first-order chi connectivity index (χ1) is 7.17. The van der Waals surface area contributed by atoms with E-state index in [9.17, 15) is 18.0 Å². The summed E-state index contributed by atoms with van der Waals surface area (Å²) in [5.74, 6) is -1.05. The zero-order valence-electron chi connectivity index (χ0n) is 9.97. The smallest absolute Gasteiger partial charge is 0.401 e. The zero-order valence-corrected chi connectivity index (χ0v) is 9.97. The third-order valence-corrected chi connectivity index (χ3v) is 2.22. The molecule has 16 heavy (non-hydrogen) atoms. The lowest BCUT2D eigenvalue weighted by Gasteiger charge is -2.29. The number of hydrogen-bond acceptors (Lipinski definition) is 3. The SMILES string of the molecule is COC(=O)C(C)CN(CC(F)(F)F)C(C)C. The van der Waals surface area contributed by atoms with Crippen LogP contribution in [0.5, 0.6) is 0 Å². The second-order valence-corrected chi connectivity index (χ2v) is 4.06. The number of ether oxygens (including phenoxy) is 1. The standard InChI is InChI=1S/C10H18F3NO2/c1-7(2)14(6-10(11,12)13)5-8(3)9(15)16-4/h7-8H,5-6H2,1-4H3. The van der Waals surface area contributed by atoms with Crippen molar-refractivity contribution in [1.29, 1.82) is 0 Å². The van der Waals surface area contributed by atoms with Gasteiger partial charge in [0.15, 0.2) is 0 Å². The topological polar surface area (TPSA) is 29.5 Å². The lowest BCUT2D eigenvalue weighted by atomic mass is 10.1. The quantitative estimate of drug-likeness (QED) is 0.690. The van der Waals surface area contributed by atoms with E-state index in [-0.39, 0.29) is 12.6 Å². The average Bonchev–Trinajstić information content (AvgIpc) is 2.13. The van der Waals surface area contributed by atoms with Crippen molar-refractivity contribution in [2.75, 3.05) is 20.2 Å². The monoisotopic (exact) mass is 241 g/mol. The first-order valence-corrected chi connectivity index (χ1v) is 5.06. The van der Waals surface area contributed by atoms with Crippen LogP contribution in [-0.4, -0.2) is 43.3 Å². The molecule has 1 unspecified atom stereocenters. The summed E-state index contributed by atoms with van der Waals surface area (Å²) in [6.07, 6.45) is -4.25. The first kappa shape index (κ1) is 15.2. The van der Waals surface area contributed by atoms with Crippen LogP contribution in [0.15, 0.2) is 0 Å². The van der Waals surface area contributed by atoms with E-state index in [1.807, 2.05) is 0 Å². The summed E-state index contributed by atoms with van der Waals surface area (Å²) in [6.45, 7) is 3.92. The molecule has 0 aliphatic carbocycles. The van der Waals surface area contributed by atoms with Crippen molar-refractivity contribution in [3.63, 3.8) is 0 Å². The molecule has 0 bridgehead atoms. The Morgan fingerprint density at radius 2 is 1.81 bits per heavy atom. The average molecular weight is 241 g/mol. The molecule has 96 valence electrons. The van der Waals surface area contributed by atoms with Gasteiger partial charge in [0, 0.05) is 12.6 Å². The molecule has 0 rings (SSSR count). The van der Waals surface area contributed by atoms with Crippen molar-refractivity contribution in [3.8, 4) is 0 Å². The molecule has 0 aromatic rings. The fourth-order valence-corrected chi connectivity index (χ4v) is 1.32. The van der Waals surface area contributed by atoms with Crippen molar-refractivity contribution < 1.29 is 22.7 Å². The van der Waals surface area contributed by atoms with E-state index in [2.05, 4.69) is 4.74 Å². The van der Waals surface area contributed by atoms with Crippen LogP contribution in [0.2, 0.25) is 0 Å². The van der Waals surface area contributed by atoms with Crippen LogP contribution in [0, 0.1) is 5.92 Å². The van der Waals surface area contributed by atoms with Gasteiger partial charge in [-0.1, -0.05) is 6.92 Å². The van der Waals surface area contributed by atoms with E-state index >= 15 is 0 Å². The minimum atomic E-state index is -4.25. The summed E-state index contributed by atoms with van der Waals surface area (Å²) < 4.78 is 41.2. The van der Waals surface area contributed by atoms with Gasteiger partial charge in [-0.2, -0.15) is 13.2 Å². The fraction of sp³-hybridized carbons (Fsp3) is 0.900. The first-order valence-electron chi connectivity index (χ1n) is 5.06. The Bertz CT molecular complexity index is 229. The Morgan fingerprint density at radius 3 is 2.12 bits per heavy atom. The second kappa shape index (κ2) is 6.08. The molecule has 0 saturated heterocycles. The fourth-order valence-electron chi connectivity index (χ4n) is 1.32. The Morgan fingerprint density at radius 1 is 1.31 bits per heavy atom. The van der Waals surface area contributed by atoms with Gasteiger partial charge in [-0.15, -0.1) is 0 Å². The number of methoxy groups -OCH3 is 1. The summed E-state index contributed by atoms with van der Waals surface area (Å²) in [4.78, 5) is 12.3. The summed E-state index contributed by atoms with van der Waals surface area (Å²) in [5, 5.41) is 0. The predicted molar refractivity (Wildman–Crippen MR) is 53.9 cm³/mol. The van der Waals surface area contributed by atoms with Crippen molar-refractivity contribution in [1.82, 2.24) is 4.90 Å². The number of hydrogen-bond donors (Lipinski definition) is 0. The number of carbonyl (C=O) groups is 1. The van der Waals surface area contributed by atoms with Gasteiger partial charge in [-0.05, 0) is 13.8 Å². The van der Waals surface area contributed by atoms with Gasteiger partial charge in [0.05, 0.1) is 19.6 Å². The van der Waals surface area contributed by atoms with E-state index < -0.39 is 24.6 Å². The Hall–Kier alpha value is -0.780. The molecule has 0 heterocycles. The van der Waals surface area contributed by atoms with Crippen LogP contribution in [0.1, 0.15) is 20.8 Å². The van der Waals surface area contributed by atoms with E-state index in [4.69, 9.17) is 0 Å². The molecule has 3 nitrogen and oxygen atoms in total. The molecule has 0 aromatic heterocycles. The summed E-state index contributed by atoms with van der Waals surface area (Å²) >= 11 is 0. The molecule has 0 aliphatic rings. The van der Waals surface area contributed by atoms with Gasteiger partial charge < -0.3 is 4.74 Å². The summed E-state index contributed by atoms with van der Waals surface area (Å²) in [5.41, 5.74) is 0. The van der Waals surface area contributed by atoms with E-state index in [0.29, 0.717) is 0 Å². The molecule has 1 atom stereocenters. The lowest BCUT2D eigenvalue weighted by Crippen LogP contribution is -2.42. The summed E-state index contributed by atoms with van der Waals surface area (Å²) in [7, 11) is 1.22. The minimum Gasteiger partial charge on any atom is -0.469 e. The third kappa shape index (κ3) is 5.95. The second-order valence-electron chi connectivity index (χ2n) is 4.06. The van der Waals surface area contributed by atoms with Gasteiger partial charge in [0.1, 0.15) is 0 Å². The molecule has 0 amide bonds. The van der Waals surface area contributed by atoms with Crippen LogP contribution in [-0.2, 0) is 9.53 Å².